The molecule has 1 unspecified atom stereocenters. The molecule has 114 valence electrons. The zero-order valence-electron chi connectivity index (χ0n) is 12.9. The molecule has 1 atom stereocenters. The molecule has 0 rings (SSSR count). The lowest BCUT2D eigenvalue weighted by Gasteiger charge is -2.02. The number of hydrogen-bond donors (Lipinski definition) is 1. The first-order chi connectivity index (χ1) is 9.31. The van der Waals surface area contributed by atoms with Crippen molar-refractivity contribution in [3.63, 3.8) is 0 Å². The van der Waals surface area contributed by atoms with Gasteiger partial charge in [0.1, 0.15) is 0 Å². The predicted octanol–water partition coefficient (Wildman–Crippen LogP) is 5.18. The molecule has 0 aromatic rings. The van der Waals surface area contributed by atoms with Crippen LogP contribution in [-0.2, 0) is 15.9 Å². The van der Waals surface area contributed by atoms with E-state index in [0.29, 0.717) is 11.7 Å². The largest absolute Gasteiger partial charge is 0.478 e. The summed E-state index contributed by atoms with van der Waals surface area (Å²) in [6.45, 7) is 2.27. The molecule has 0 aromatic heterocycles. The molecule has 2 nitrogen and oxygen atoms in total. The third-order valence-electron chi connectivity index (χ3n) is 3.72. The second-order valence-electron chi connectivity index (χ2n) is 5.67. The van der Waals surface area contributed by atoms with Gasteiger partial charge < -0.3 is 0 Å². The summed E-state index contributed by atoms with van der Waals surface area (Å²) in [4.78, 5) is 0. The highest BCUT2D eigenvalue weighted by Crippen LogP contribution is 2.13. The molecule has 0 bridgehead atoms. The molecule has 0 aromatic carbocycles. The normalized spacial score (nSPS) is 12.5. The van der Waals surface area contributed by atoms with Crippen LogP contribution in [0.15, 0.2) is 0 Å². The maximum atomic E-state index is 10.4. The standard InChI is InChI=1S/C16H34NOS/c1-2-3-4-5-6-7-8-9-10-11-12-13-14-15-16(17)19-18/h16H,2-15,17H2,1H3/q+1. The van der Waals surface area contributed by atoms with Gasteiger partial charge >= 0.3 is 11.7 Å². The number of rotatable bonds is 15. The Kier molecular flexibility index (Phi) is 16.0. The van der Waals surface area contributed by atoms with Crippen LogP contribution in [-0.4, -0.2) is 5.37 Å². The van der Waals surface area contributed by atoms with Crippen molar-refractivity contribution in [1.29, 1.82) is 0 Å². The molecular formula is C16H34NOS+. The summed E-state index contributed by atoms with van der Waals surface area (Å²) >= 11 is 0.537. The van der Waals surface area contributed by atoms with E-state index in [1.165, 1.54) is 77.0 Å². The van der Waals surface area contributed by atoms with Gasteiger partial charge in [-0.2, -0.15) is 0 Å². The van der Waals surface area contributed by atoms with Crippen molar-refractivity contribution in [3.05, 3.63) is 0 Å². The number of nitrogens with two attached hydrogens (primary N) is 1. The van der Waals surface area contributed by atoms with Gasteiger partial charge in [0.25, 0.3) is 5.37 Å². The Labute approximate surface area is 124 Å². The van der Waals surface area contributed by atoms with Crippen LogP contribution in [0.25, 0.3) is 0 Å². The molecule has 0 radical (unpaired) electrons. The van der Waals surface area contributed by atoms with Crippen molar-refractivity contribution in [2.75, 3.05) is 0 Å². The monoisotopic (exact) mass is 288 g/mol. The van der Waals surface area contributed by atoms with Gasteiger partial charge in [0, 0.05) is 10.6 Å². The highest BCUT2D eigenvalue weighted by atomic mass is 32.1. The van der Waals surface area contributed by atoms with E-state index in [4.69, 9.17) is 5.73 Å². The van der Waals surface area contributed by atoms with Crippen LogP contribution in [0.3, 0.4) is 0 Å². The molecule has 0 aliphatic carbocycles. The van der Waals surface area contributed by atoms with Gasteiger partial charge in [0.05, 0.1) is 0 Å². The van der Waals surface area contributed by atoms with Crippen molar-refractivity contribution in [2.24, 2.45) is 5.73 Å². The van der Waals surface area contributed by atoms with E-state index in [9.17, 15) is 4.21 Å². The van der Waals surface area contributed by atoms with Crippen molar-refractivity contribution in [2.45, 2.75) is 102 Å². The Morgan fingerprint density at radius 1 is 0.737 bits per heavy atom. The van der Waals surface area contributed by atoms with Crippen LogP contribution in [0.4, 0.5) is 0 Å². The predicted molar refractivity (Wildman–Crippen MR) is 86.3 cm³/mol. The molecule has 0 fully saturated rings. The van der Waals surface area contributed by atoms with Crippen molar-refractivity contribution in [3.8, 4) is 0 Å². The number of hydrogen-bond acceptors (Lipinski definition) is 2. The molecule has 0 saturated heterocycles. The Morgan fingerprint density at radius 3 is 1.47 bits per heavy atom. The van der Waals surface area contributed by atoms with Gasteiger partial charge in [-0.25, -0.2) is 0 Å². The van der Waals surface area contributed by atoms with E-state index in [2.05, 4.69) is 6.92 Å². The first-order valence-electron chi connectivity index (χ1n) is 8.35. The van der Waals surface area contributed by atoms with Gasteiger partial charge in [-0.15, -0.1) is 0 Å². The van der Waals surface area contributed by atoms with E-state index < -0.39 is 0 Å². The van der Waals surface area contributed by atoms with Crippen molar-refractivity contribution in [1.82, 2.24) is 0 Å². The zero-order chi connectivity index (χ0) is 14.2. The average molecular weight is 289 g/mol. The first kappa shape index (κ1) is 19.0. The molecule has 0 aliphatic rings. The van der Waals surface area contributed by atoms with Crippen LogP contribution in [0.2, 0.25) is 0 Å². The minimum atomic E-state index is -0.187. The minimum absolute atomic E-state index is 0.187. The number of unbranched alkanes of at least 4 members (excludes halogenated alkanes) is 12. The Hall–Kier alpha value is -0.0200. The van der Waals surface area contributed by atoms with Crippen molar-refractivity contribution < 1.29 is 4.21 Å². The minimum Gasteiger partial charge on any atom is -0.274 e. The van der Waals surface area contributed by atoms with E-state index in [1.54, 1.807) is 0 Å². The van der Waals surface area contributed by atoms with Gasteiger partial charge in [-0.1, -0.05) is 84.0 Å². The van der Waals surface area contributed by atoms with Crippen molar-refractivity contribution >= 4 is 11.7 Å². The van der Waals surface area contributed by atoms with Crippen LogP contribution < -0.4 is 5.73 Å². The molecule has 3 heteroatoms. The summed E-state index contributed by atoms with van der Waals surface area (Å²) in [6, 6.07) is 0. The Morgan fingerprint density at radius 2 is 1.11 bits per heavy atom. The van der Waals surface area contributed by atoms with Gasteiger partial charge in [-0.3, -0.25) is 5.73 Å². The smallest absolute Gasteiger partial charge is 0.274 e. The highest BCUT2D eigenvalue weighted by Gasteiger charge is 2.12. The average Bonchev–Trinajstić information content (AvgIpc) is 2.43. The second kappa shape index (κ2) is 16.0. The third kappa shape index (κ3) is 15.9. The van der Waals surface area contributed by atoms with Gasteiger partial charge in [0.2, 0.25) is 0 Å². The Balaban J connectivity index is 2.97. The summed E-state index contributed by atoms with van der Waals surface area (Å²) < 4.78 is 10.4. The summed E-state index contributed by atoms with van der Waals surface area (Å²) in [6.07, 6.45) is 18.6. The van der Waals surface area contributed by atoms with Crippen LogP contribution in [0, 0.1) is 0 Å². The lowest BCUT2D eigenvalue weighted by atomic mass is 10.0. The molecule has 0 heterocycles. The molecular weight excluding hydrogens is 254 g/mol. The van der Waals surface area contributed by atoms with Gasteiger partial charge in [0.15, 0.2) is 0 Å². The van der Waals surface area contributed by atoms with E-state index in [1.807, 2.05) is 0 Å². The molecule has 0 amide bonds. The van der Waals surface area contributed by atoms with Crippen LogP contribution in [0.1, 0.15) is 96.8 Å². The maximum absolute atomic E-state index is 10.4. The fraction of sp³-hybridized carbons (Fsp3) is 1.00. The first-order valence-corrected chi connectivity index (χ1v) is 9.16. The lowest BCUT2D eigenvalue weighted by molar-refractivity contribution is 0.532. The van der Waals surface area contributed by atoms with Gasteiger partial charge in [-0.05, 0) is 6.42 Å². The molecule has 2 N–H and O–H groups in total. The van der Waals surface area contributed by atoms with E-state index >= 15 is 0 Å². The summed E-state index contributed by atoms with van der Waals surface area (Å²) in [5, 5.41) is -0.187. The van der Waals surface area contributed by atoms with Crippen LogP contribution in [0.5, 0.6) is 0 Å². The zero-order valence-corrected chi connectivity index (χ0v) is 13.7. The summed E-state index contributed by atoms with van der Waals surface area (Å²) in [5.74, 6) is 0. The molecule has 0 saturated carbocycles. The fourth-order valence-electron chi connectivity index (χ4n) is 2.41. The van der Waals surface area contributed by atoms with E-state index in [0.717, 1.165) is 12.8 Å². The fourth-order valence-corrected chi connectivity index (χ4v) is 2.67. The summed E-state index contributed by atoms with van der Waals surface area (Å²) in [5.41, 5.74) is 5.56. The maximum Gasteiger partial charge on any atom is 0.478 e. The second-order valence-corrected chi connectivity index (χ2v) is 6.46. The third-order valence-corrected chi connectivity index (χ3v) is 4.20. The summed E-state index contributed by atoms with van der Waals surface area (Å²) in [7, 11) is 0. The SMILES string of the molecule is CCCCCCCCCCCCCCCC(N)[S+]=O. The molecule has 19 heavy (non-hydrogen) atoms. The quantitative estimate of drug-likeness (QED) is 0.256. The highest BCUT2D eigenvalue weighted by molar-refractivity contribution is 7.66. The molecule has 0 aliphatic heterocycles. The van der Waals surface area contributed by atoms with Crippen LogP contribution >= 0.6 is 0 Å². The lowest BCUT2D eigenvalue weighted by Crippen LogP contribution is -2.17. The topological polar surface area (TPSA) is 43.1 Å². The molecule has 0 spiro atoms. The van der Waals surface area contributed by atoms with E-state index in [-0.39, 0.29) is 5.37 Å². The Bertz CT molecular complexity index is 188.